The fraction of sp³-hybridized carbons (Fsp3) is 0.143. The highest BCUT2D eigenvalue weighted by Crippen LogP contribution is 2.33. The summed E-state index contributed by atoms with van der Waals surface area (Å²) in [6, 6.07) is 9.98. The lowest BCUT2D eigenvalue weighted by atomic mass is 10.1. The van der Waals surface area contributed by atoms with E-state index in [1.54, 1.807) is 18.2 Å². The predicted molar refractivity (Wildman–Crippen MR) is 80.9 cm³/mol. The smallest absolute Gasteiger partial charge is 0.166 e. The molecule has 1 unspecified atom stereocenters. The van der Waals surface area contributed by atoms with Crippen molar-refractivity contribution in [2.24, 2.45) is 5.73 Å². The summed E-state index contributed by atoms with van der Waals surface area (Å²) in [6.45, 7) is 1.86. The van der Waals surface area contributed by atoms with Crippen LogP contribution in [0.2, 0.25) is 0 Å². The molecule has 2 aromatic rings. The van der Waals surface area contributed by atoms with Gasteiger partial charge in [-0.05, 0) is 37.3 Å². The molecule has 19 heavy (non-hydrogen) atoms. The summed E-state index contributed by atoms with van der Waals surface area (Å²) < 4.78 is 20.9. The van der Waals surface area contributed by atoms with Crippen molar-refractivity contribution in [3.8, 4) is 11.5 Å². The Balaban J connectivity index is 2.39. The molecule has 0 aliphatic carbocycles. The molecule has 0 radical (unpaired) electrons. The monoisotopic (exact) mass is 387 g/mol. The highest BCUT2D eigenvalue weighted by atomic mass is 79.9. The van der Waals surface area contributed by atoms with Gasteiger partial charge < -0.3 is 10.5 Å². The van der Waals surface area contributed by atoms with Crippen LogP contribution in [0.1, 0.15) is 18.5 Å². The SMILES string of the molecule is CC(N)c1ccc(Br)cc1Oc1ccc(Br)cc1F. The highest BCUT2D eigenvalue weighted by Gasteiger charge is 2.12. The molecule has 100 valence electrons. The van der Waals surface area contributed by atoms with Crippen molar-refractivity contribution in [1.29, 1.82) is 0 Å². The second kappa shape index (κ2) is 6.03. The largest absolute Gasteiger partial charge is 0.454 e. The van der Waals surface area contributed by atoms with Crippen LogP contribution < -0.4 is 10.5 Å². The van der Waals surface area contributed by atoms with Crippen LogP contribution in [-0.4, -0.2) is 0 Å². The summed E-state index contributed by atoms with van der Waals surface area (Å²) in [6.07, 6.45) is 0. The third kappa shape index (κ3) is 3.55. The average Bonchev–Trinajstić information content (AvgIpc) is 2.32. The van der Waals surface area contributed by atoms with Crippen LogP contribution in [0, 0.1) is 5.82 Å². The van der Waals surface area contributed by atoms with Crippen molar-refractivity contribution in [2.45, 2.75) is 13.0 Å². The molecule has 0 aliphatic heterocycles. The number of ether oxygens (including phenoxy) is 1. The minimum atomic E-state index is -0.426. The van der Waals surface area contributed by atoms with Crippen LogP contribution in [-0.2, 0) is 0 Å². The zero-order valence-electron chi connectivity index (χ0n) is 10.2. The Bertz CT molecular complexity index is 602. The van der Waals surface area contributed by atoms with E-state index in [0.717, 1.165) is 10.0 Å². The zero-order chi connectivity index (χ0) is 14.0. The molecule has 1 atom stereocenters. The van der Waals surface area contributed by atoms with Crippen LogP contribution >= 0.6 is 31.9 Å². The Morgan fingerprint density at radius 2 is 1.68 bits per heavy atom. The molecule has 0 fully saturated rings. The van der Waals surface area contributed by atoms with E-state index in [-0.39, 0.29) is 11.8 Å². The van der Waals surface area contributed by atoms with Crippen molar-refractivity contribution in [3.63, 3.8) is 0 Å². The minimum Gasteiger partial charge on any atom is -0.454 e. The molecule has 0 amide bonds. The first-order valence-corrected chi connectivity index (χ1v) is 7.24. The van der Waals surface area contributed by atoms with Gasteiger partial charge in [-0.1, -0.05) is 37.9 Å². The zero-order valence-corrected chi connectivity index (χ0v) is 13.3. The standard InChI is InChI=1S/C14H12Br2FNO/c1-8(18)11-4-2-10(16)7-14(11)19-13-5-3-9(15)6-12(13)17/h2-8H,18H2,1H3. The van der Waals surface area contributed by atoms with Crippen LogP contribution in [0.5, 0.6) is 11.5 Å². The minimum absolute atomic E-state index is 0.170. The Labute approximate surface area is 128 Å². The molecular formula is C14H12Br2FNO. The molecule has 2 N–H and O–H groups in total. The van der Waals surface area contributed by atoms with Crippen LogP contribution in [0.3, 0.4) is 0 Å². The van der Waals surface area contributed by atoms with Gasteiger partial charge in [0.05, 0.1) is 0 Å². The molecule has 0 aromatic heterocycles. The molecular weight excluding hydrogens is 377 g/mol. The quantitative estimate of drug-likeness (QED) is 0.787. The highest BCUT2D eigenvalue weighted by molar-refractivity contribution is 9.10. The summed E-state index contributed by atoms with van der Waals surface area (Å²) in [7, 11) is 0. The summed E-state index contributed by atoms with van der Waals surface area (Å²) in [5, 5.41) is 0. The van der Waals surface area contributed by atoms with Crippen LogP contribution in [0.4, 0.5) is 4.39 Å². The first-order valence-electron chi connectivity index (χ1n) is 5.65. The number of benzene rings is 2. The van der Waals surface area contributed by atoms with E-state index in [4.69, 9.17) is 10.5 Å². The van der Waals surface area contributed by atoms with Gasteiger partial charge in [0.1, 0.15) is 5.75 Å². The van der Waals surface area contributed by atoms with E-state index >= 15 is 0 Å². The lowest BCUT2D eigenvalue weighted by Crippen LogP contribution is -2.06. The third-order valence-corrected chi connectivity index (χ3v) is 3.57. The molecule has 0 saturated heterocycles. The molecule has 5 heteroatoms. The summed E-state index contributed by atoms with van der Waals surface area (Å²) >= 11 is 6.57. The normalized spacial score (nSPS) is 12.3. The molecule has 0 aliphatic rings. The Morgan fingerprint density at radius 1 is 1.05 bits per heavy atom. The van der Waals surface area contributed by atoms with Gasteiger partial charge in [-0.25, -0.2) is 4.39 Å². The molecule has 0 saturated carbocycles. The van der Waals surface area contributed by atoms with E-state index in [1.807, 2.05) is 19.1 Å². The second-order valence-corrected chi connectivity index (χ2v) is 5.98. The molecule has 0 spiro atoms. The summed E-state index contributed by atoms with van der Waals surface area (Å²) in [5.41, 5.74) is 6.71. The van der Waals surface area contributed by atoms with Gasteiger partial charge in [-0.3, -0.25) is 0 Å². The Hall–Kier alpha value is -0.910. The van der Waals surface area contributed by atoms with Gasteiger partial charge in [-0.2, -0.15) is 0 Å². The summed E-state index contributed by atoms with van der Waals surface area (Å²) in [4.78, 5) is 0. The van der Waals surface area contributed by atoms with Gasteiger partial charge in [0.2, 0.25) is 0 Å². The third-order valence-electron chi connectivity index (χ3n) is 2.58. The van der Waals surface area contributed by atoms with Crippen molar-refractivity contribution in [1.82, 2.24) is 0 Å². The molecule has 2 nitrogen and oxygen atoms in total. The van der Waals surface area contributed by atoms with Crippen molar-refractivity contribution in [2.75, 3.05) is 0 Å². The van der Waals surface area contributed by atoms with E-state index in [0.29, 0.717) is 10.2 Å². The lowest BCUT2D eigenvalue weighted by molar-refractivity contribution is 0.434. The van der Waals surface area contributed by atoms with Gasteiger partial charge in [0.25, 0.3) is 0 Å². The van der Waals surface area contributed by atoms with E-state index in [2.05, 4.69) is 31.9 Å². The Kier molecular flexibility index (Phi) is 4.60. The van der Waals surface area contributed by atoms with E-state index < -0.39 is 5.82 Å². The van der Waals surface area contributed by atoms with E-state index in [9.17, 15) is 4.39 Å². The molecule has 0 bridgehead atoms. The maximum absolute atomic E-state index is 13.8. The predicted octanol–water partition coefficient (Wildman–Crippen LogP) is 5.16. The second-order valence-electron chi connectivity index (χ2n) is 4.15. The van der Waals surface area contributed by atoms with Gasteiger partial charge in [0.15, 0.2) is 11.6 Å². The fourth-order valence-electron chi connectivity index (χ4n) is 1.65. The van der Waals surface area contributed by atoms with Gasteiger partial charge in [-0.15, -0.1) is 0 Å². The number of hydrogen-bond acceptors (Lipinski definition) is 2. The van der Waals surface area contributed by atoms with Crippen LogP contribution in [0.15, 0.2) is 45.3 Å². The Morgan fingerprint density at radius 3 is 2.32 bits per heavy atom. The topological polar surface area (TPSA) is 35.2 Å². The van der Waals surface area contributed by atoms with E-state index in [1.165, 1.54) is 6.07 Å². The van der Waals surface area contributed by atoms with Crippen molar-refractivity contribution >= 4 is 31.9 Å². The number of halogens is 3. The molecule has 2 rings (SSSR count). The number of hydrogen-bond donors (Lipinski definition) is 1. The first-order chi connectivity index (χ1) is 8.97. The van der Waals surface area contributed by atoms with Crippen LogP contribution in [0.25, 0.3) is 0 Å². The molecule has 2 aromatic carbocycles. The maximum Gasteiger partial charge on any atom is 0.166 e. The fourth-order valence-corrected chi connectivity index (χ4v) is 2.32. The van der Waals surface area contributed by atoms with Gasteiger partial charge in [0, 0.05) is 20.6 Å². The maximum atomic E-state index is 13.8. The average molecular weight is 389 g/mol. The van der Waals surface area contributed by atoms with Crippen molar-refractivity contribution in [3.05, 3.63) is 56.7 Å². The van der Waals surface area contributed by atoms with Gasteiger partial charge >= 0.3 is 0 Å². The number of rotatable bonds is 3. The molecule has 0 heterocycles. The number of nitrogens with two attached hydrogens (primary N) is 1. The first kappa shape index (κ1) is 14.5. The lowest BCUT2D eigenvalue weighted by Gasteiger charge is -2.14. The summed E-state index contributed by atoms with van der Waals surface area (Å²) in [5.74, 6) is 0.291. The van der Waals surface area contributed by atoms with Crippen molar-refractivity contribution < 1.29 is 9.13 Å².